The quantitative estimate of drug-likeness (QED) is 0.218. The van der Waals surface area contributed by atoms with Crippen LogP contribution in [-0.2, 0) is 6.42 Å². The van der Waals surface area contributed by atoms with Crippen LogP contribution in [-0.4, -0.2) is 27.6 Å². The third kappa shape index (κ3) is 4.15. The molecule has 1 aliphatic carbocycles. The number of hydrogen-bond donors (Lipinski definition) is 1. The van der Waals surface area contributed by atoms with Gasteiger partial charge in [-0.2, -0.15) is 0 Å². The smallest absolute Gasteiger partial charge is 0.257 e. The normalized spacial score (nSPS) is 11.6. The molecule has 5 rings (SSSR count). The van der Waals surface area contributed by atoms with Crippen molar-refractivity contribution in [3.05, 3.63) is 95.1 Å². The van der Waals surface area contributed by atoms with Crippen molar-refractivity contribution in [3.8, 4) is 11.1 Å². The van der Waals surface area contributed by atoms with E-state index in [9.17, 15) is 9.59 Å². The Bertz CT molecular complexity index is 1280. The van der Waals surface area contributed by atoms with Gasteiger partial charge in [0.2, 0.25) is 5.13 Å². The predicted octanol–water partition coefficient (Wildman–Crippen LogP) is 5.34. The molecule has 0 bridgehead atoms. The van der Waals surface area contributed by atoms with Gasteiger partial charge in [-0.05, 0) is 46.9 Å². The second-order valence-electron chi connectivity index (χ2n) is 7.11. The molecule has 1 N–H and O–H groups in total. The van der Waals surface area contributed by atoms with E-state index < -0.39 is 0 Å². The largest absolute Gasteiger partial charge is 0.296 e. The summed E-state index contributed by atoms with van der Waals surface area (Å²) in [6, 6.07) is 23.2. The zero-order valence-corrected chi connectivity index (χ0v) is 18.0. The molecule has 7 heteroatoms. The van der Waals surface area contributed by atoms with Crippen LogP contribution in [0.2, 0.25) is 0 Å². The highest BCUT2D eigenvalue weighted by atomic mass is 32.2. The number of fused-ring (bicyclic) bond motifs is 3. The van der Waals surface area contributed by atoms with Crippen LogP contribution in [0.15, 0.2) is 77.1 Å². The summed E-state index contributed by atoms with van der Waals surface area (Å²) < 4.78 is 0.644. The second-order valence-corrected chi connectivity index (χ2v) is 9.31. The lowest BCUT2D eigenvalue weighted by Gasteiger charge is -2.04. The third-order valence-corrected chi connectivity index (χ3v) is 7.08. The van der Waals surface area contributed by atoms with Gasteiger partial charge < -0.3 is 0 Å². The minimum absolute atomic E-state index is 0.0498. The van der Waals surface area contributed by atoms with Crippen LogP contribution < -0.4 is 5.32 Å². The lowest BCUT2D eigenvalue weighted by Crippen LogP contribution is -2.11. The minimum Gasteiger partial charge on any atom is -0.296 e. The van der Waals surface area contributed by atoms with E-state index in [1.165, 1.54) is 45.4 Å². The predicted molar refractivity (Wildman–Crippen MR) is 124 cm³/mol. The van der Waals surface area contributed by atoms with Crippen LogP contribution in [0.25, 0.3) is 11.1 Å². The number of thioether (sulfide) groups is 1. The molecule has 152 valence electrons. The van der Waals surface area contributed by atoms with Crippen molar-refractivity contribution < 1.29 is 9.59 Å². The molecule has 0 fully saturated rings. The van der Waals surface area contributed by atoms with Crippen molar-refractivity contribution in [2.24, 2.45) is 0 Å². The van der Waals surface area contributed by atoms with E-state index in [1.807, 2.05) is 36.4 Å². The van der Waals surface area contributed by atoms with Crippen LogP contribution in [0.3, 0.4) is 0 Å². The van der Waals surface area contributed by atoms with E-state index in [-0.39, 0.29) is 17.4 Å². The van der Waals surface area contributed by atoms with E-state index >= 15 is 0 Å². The highest BCUT2D eigenvalue weighted by molar-refractivity contribution is 8.01. The zero-order chi connectivity index (χ0) is 21.2. The number of Topliss-reactive ketones (excluding diaryl/α,β-unsaturated/α-hetero) is 1. The van der Waals surface area contributed by atoms with Crippen molar-refractivity contribution in [2.75, 3.05) is 11.1 Å². The summed E-state index contributed by atoms with van der Waals surface area (Å²) in [6.45, 7) is 0. The van der Waals surface area contributed by atoms with Gasteiger partial charge in [0.05, 0.1) is 5.75 Å². The molecule has 0 spiro atoms. The molecule has 4 aromatic rings. The number of nitrogens with zero attached hydrogens (tertiary/aromatic N) is 2. The average Bonchev–Trinajstić information content (AvgIpc) is 3.41. The molecule has 1 aliphatic rings. The molecule has 1 aromatic heterocycles. The summed E-state index contributed by atoms with van der Waals surface area (Å²) in [6.07, 6.45) is 0.862. The van der Waals surface area contributed by atoms with Gasteiger partial charge >= 0.3 is 0 Å². The first-order valence-electron chi connectivity index (χ1n) is 9.74. The number of hydrogen-bond acceptors (Lipinski definition) is 6. The fraction of sp³-hybridized carbons (Fsp3) is 0.0833. The summed E-state index contributed by atoms with van der Waals surface area (Å²) in [7, 11) is 0. The van der Waals surface area contributed by atoms with Crippen LogP contribution in [0.1, 0.15) is 31.8 Å². The summed E-state index contributed by atoms with van der Waals surface area (Å²) in [4.78, 5) is 24.9. The van der Waals surface area contributed by atoms with Crippen LogP contribution in [0, 0.1) is 0 Å². The minimum atomic E-state index is -0.233. The third-order valence-electron chi connectivity index (χ3n) is 5.11. The Kier molecular flexibility index (Phi) is 5.36. The maximum Gasteiger partial charge on any atom is 0.257 e. The van der Waals surface area contributed by atoms with E-state index in [0.29, 0.717) is 20.6 Å². The number of ketones is 1. The molecule has 1 amide bonds. The van der Waals surface area contributed by atoms with Crippen molar-refractivity contribution in [3.63, 3.8) is 0 Å². The molecule has 5 nitrogen and oxygen atoms in total. The number of aromatic nitrogens is 2. The van der Waals surface area contributed by atoms with Gasteiger partial charge in [-0.25, -0.2) is 0 Å². The highest BCUT2D eigenvalue weighted by Crippen LogP contribution is 2.37. The molecule has 0 aliphatic heterocycles. The number of benzene rings is 3. The number of amides is 1. The molecule has 0 saturated carbocycles. The Morgan fingerprint density at radius 3 is 2.52 bits per heavy atom. The molecule has 0 unspecified atom stereocenters. The SMILES string of the molecule is O=C(CSc1nnc(NC(=O)c2ccccc2)s1)c1ccc2c(c1)Cc1ccccc1-2. The van der Waals surface area contributed by atoms with Crippen LogP contribution >= 0.6 is 23.1 Å². The second kappa shape index (κ2) is 8.45. The van der Waals surface area contributed by atoms with Gasteiger partial charge in [-0.3, -0.25) is 14.9 Å². The van der Waals surface area contributed by atoms with Gasteiger partial charge in [0.15, 0.2) is 10.1 Å². The number of rotatable bonds is 6. The Morgan fingerprint density at radius 2 is 1.65 bits per heavy atom. The molecule has 1 heterocycles. The Labute approximate surface area is 187 Å². The lowest BCUT2D eigenvalue weighted by atomic mass is 10.0. The number of nitrogens with one attached hydrogen (secondary N) is 1. The van der Waals surface area contributed by atoms with Crippen molar-refractivity contribution >= 4 is 39.9 Å². The summed E-state index contributed by atoms with van der Waals surface area (Å²) in [5.41, 5.74) is 6.23. The van der Waals surface area contributed by atoms with Crippen molar-refractivity contribution in [1.29, 1.82) is 0 Å². The average molecular weight is 444 g/mol. The molecule has 0 saturated heterocycles. The molecule has 31 heavy (non-hydrogen) atoms. The van der Waals surface area contributed by atoms with Crippen molar-refractivity contribution in [2.45, 2.75) is 10.8 Å². The van der Waals surface area contributed by atoms with E-state index in [2.05, 4.69) is 27.6 Å². The topological polar surface area (TPSA) is 72.0 Å². The Balaban J connectivity index is 1.21. The number of anilines is 1. The number of carbonyl (C=O) groups is 2. The summed E-state index contributed by atoms with van der Waals surface area (Å²) in [5, 5.41) is 11.2. The van der Waals surface area contributed by atoms with E-state index in [0.717, 1.165) is 6.42 Å². The standard InChI is InChI=1S/C24H17N3O2S2/c28-21(17-10-11-20-18(13-17)12-16-8-4-5-9-19(16)20)14-30-24-27-26-23(31-24)25-22(29)15-6-2-1-3-7-15/h1-11,13H,12,14H2,(H,25,26,29). The first-order chi connectivity index (χ1) is 15.2. The Morgan fingerprint density at radius 1 is 0.871 bits per heavy atom. The fourth-order valence-corrected chi connectivity index (χ4v) is 5.25. The van der Waals surface area contributed by atoms with Gasteiger partial charge in [0.25, 0.3) is 5.91 Å². The first-order valence-corrected chi connectivity index (χ1v) is 11.5. The Hall–Kier alpha value is -3.29. The van der Waals surface area contributed by atoms with Gasteiger partial charge in [0, 0.05) is 11.1 Å². The highest BCUT2D eigenvalue weighted by Gasteiger charge is 2.20. The van der Waals surface area contributed by atoms with Gasteiger partial charge in [0.1, 0.15) is 0 Å². The van der Waals surface area contributed by atoms with Gasteiger partial charge in [-0.15, -0.1) is 10.2 Å². The molecular weight excluding hydrogens is 426 g/mol. The van der Waals surface area contributed by atoms with Gasteiger partial charge in [-0.1, -0.05) is 77.7 Å². The summed E-state index contributed by atoms with van der Waals surface area (Å²) in [5.74, 6) is 0.0878. The lowest BCUT2D eigenvalue weighted by molar-refractivity contribution is 0.101. The zero-order valence-electron chi connectivity index (χ0n) is 16.4. The molecule has 3 aromatic carbocycles. The monoisotopic (exact) mass is 443 g/mol. The van der Waals surface area contributed by atoms with Crippen LogP contribution in [0.4, 0.5) is 5.13 Å². The molecular formula is C24H17N3O2S2. The number of carbonyl (C=O) groups excluding carboxylic acids is 2. The summed E-state index contributed by atoms with van der Waals surface area (Å²) >= 11 is 2.59. The van der Waals surface area contributed by atoms with E-state index in [4.69, 9.17) is 0 Å². The molecule has 0 radical (unpaired) electrons. The maximum atomic E-state index is 12.7. The van der Waals surface area contributed by atoms with E-state index in [1.54, 1.807) is 24.3 Å². The fourth-order valence-electron chi connectivity index (χ4n) is 3.61. The molecule has 0 atom stereocenters. The maximum absolute atomic E-state index is 12.7. The van der Waals surface area contributed by atoms with Crippen molar-refractivity contribution in [1.82, 2.24) is 10.2 Å². The van der Waals surface area contributed by atoms with Crippen LogP contribution in [0.5, 0.6) is 0 Å². The first kappa shape index (κ1) is 19.7.